The van der Waals surface area contributed by atoms with E-state index in [4.69, 9.17) is 0 Å². The summed E-state index contributed by atoms with van der Waals surface area (Å²) < 4.78 is 0. The van der Waals surface area contributed by atoms with Gasteiger partial charge in [-0.3, -0.25) is 0 Å². The second kappa shape index (κ2) is 6.24. The number of thiazole rings is 1. The van der Waals surface area contributed by atoms with Crippen LogP contribution in [-0.4, -0.2) is 43.1 Å². The van der Waals surface area contributed by atoms with Crippen molar-refractivity contribution in [1.82, 2.24) is 9.88 Å². The number of benzene rings is 1. The van der Waals surface area contributed by atoms with Crippen LogP contribution in [0.4, 0.5) is 10.8 Å². The monoisotopic (exact) mass is 288 g/mol. The number of piperazine rings is 1. The van der Waals surface area contributed by atoms with Crippen LogP contribution >= 0.6 is 11.3 Å². The molecule has 4 nitrogen and oxygen atoms in total. The Morgan fingerprint density at radius 2 is 2.10 bits per heavy atom. The summed E-state index contributed by atoms with van der Waals surface area (Å²) in [6.45, 7) is 5.33. The van der Waals surface area contributed by atoms with Crippen molar-refractivity contribution in [3.05, 3.63) is 41.4 Å². The zero-order chi connectivity index (χ0) is 13.8. The molecule has 0 aliphatic carbocycles. The van der Waals surface area contributed by atoms with Gasteiger partial charge in [0.2, 0.25) is 0 Å². The Hall–Kier alpha value is -1.59. The molecule has 0 spiro atoms. The molecule has 0 bridgehead atoms. The molecule has 1 N–H and O–H groups in total. The molecule has 1 aromatic heterocycles. The number of likely N-dealkylation sites (N-methyl/N-ethyl adjacent to an activating group) is 1. The van der Waals surface area contributed by atoms with E-state index < -0.39 is 0 Å². The van der Waals surface area contributed by atoms with E-state index in [-0.39, 0.29) is 0 Å². The summed E-state index contributed by atoms with van der Waals surface area (Å²) >= 11 is 1.64. The number of hydrogen-bond donors (Lipinski definition) is 1. The van der Waals surface area contributed by atoms with E-state index in [9.17, 15) is 0 Å². The van der Waals surface area contributed by atoms with Crippen LogP contribution in [0.5, 0.6) is 0 Å². The van der Waals surface area contributed by atoms with Crippen molar-refractivity contribution < 1.29 is 0 Å². The molecule has 0 unspecified atom stereocenters. The summed E-state index contributed by atoms with van der Waals surface area (Å²) in [6.07, 6.45) is 1.83. The van der Waals surface area contributed by atoms with Gasteiger partial charge >= 0.3 is 0 Å². The van der Waals surface area contributed by atoms with Gasteiger partial charge in [-0.2, -0.15) is 0 Å². The summed E-state index contributed by atoms with van der Waals surface area (Å²) in [5, 5.41) is 6.33. The van der Waals surface area contributed by atoms with Gasteiger partial charge in [-0.05, 0) is 24.7 Å². The first kappa shape index (κ1) is 13.4. The standard InChI is InChI=1S/C15H20N4S/c1-18-6-8-19(9-7-18)14-4-2-3-13(11-14)12-17-15-16-5-10-20-15/h2-5,10-11H,6-9,12H2,1H3,(H,16,17). The zero-order valence-corrected chi connectivity index (χ0v) is 12.6. The largest absolute Gasteiger partial charge is 0.369 e. The second-order valence-corrected chi connectivity index (χ2v) is 6.05. The fourth-order valence-corrected chi connectivity index (χ4v) is 2.94. The molecule has 3 rings (SSSR count). The zero-order valence-electron chi connectivity index (χ0n) is 11.7. The lowest BCUT2D eigenvalue weighted by Crippen LogP contribution is -2.44. The van der Waals surface area contributed by atoms with E-state index in [0.29, 0.717) is 0 Å². The van der Waals surface area contributed by atoms with Gasteiger partial charge in [-0.1, -0.05) is 12.1 Å². The van der Waals surface area contributed by atoms with Crippen molar-refractivity contribution in [2.24, 2.45) is 0 Å². The highest BCUT2D eigenvalue weighted by atomic mass is 32.1. The summed E-state index contributed by atoms with van der Waals surface area (Å²) in [6, 6.07) is 8.80. The molecule has 1 aromatic carbocycles. The topological polar surface area (TPSA) is 31.4 Å². The van der Waals surface area contributed by atoms with E-state index in [1.165, 1.54) is 11.3 Å². The minimum absolute atomic E-state index is 0.828. The number of rotatable bonds is 4. The third-order valence-electron chi connectivity index (χ3n) is 3.66. The Morgan fingerprint density at radius 3 is 2.85 bits per heavy atom. The average Bonchev–Trinajstić information content (AvgIpc) is 3.00. The highest BCUT2D eigenvalue weighted by Gasteiger charge is 2.14. The van der Waals surface area contributed by atoms with Crippen molar-refractivity contribution in [2.75, 3.05) is 43.4 Å². The fraction of sp³-hybridized carbons (Fsp3) is 0.400. The Kier molecular flexibility index (Phi) is 4.18. The van der Waals surface area contributed by atoms with E-state index >= 15 is 0 Å². The average molecular weight is 288 g/mol. The molecule has 20 heavy (non-hydrogen) atoms. The molecule has 0 atom stereocenters. The first-order valence-corrected chi connectivity index (χ1v) is 7.85. The molecule has 1 saturated heterocycles. The van der Waals surface area contributed by atoms with Gasteiger partial charge in [0, 0.05) is 50.0 Å². The third-order valence-corrected chi connectivity index (χ3v) is 4.39. The predicted molar refractivity (Wildman–Crippen MR) is 85.6 cm³/mol. The quantitative estimate of drug-likeness (QED) is 0.936. The van der Waals surface area contributed by atoms with Crippen LogP contribution in [0.1, 0.15) is 5.56 Å². The van der Waals surface area contributed by atoms with Gasteiger partial charge < -0.3 is 15.1 Å². The SMILES string of the molecule is CN1CCN(c2cccc(CNc3nccs3)c2)CC1. The molecule has 2 aromatic rings. The van der Waals surface area contributed by atoms with E-state index in [1.807, 2.05) is 11.6 Å². The number of hydrogen-bond acceptors (Lipinski definition) is 5. The molecule has 1 fully saturated rings. The minimum atomic E-state index is 0.828. The van der Waals surface area contributed by atoms with E-state index in [1.54, 1.807) is 11.3 Å². The summed E-state index contributed by atoms with van der Waals surface area (Å²) in [7, 11) is 2.19. The van der Waals surface area contributed by atoms with Crippen molar-refractivity contribution in [3.8, 4) is 0 Å². The maximum absolute atomic E-state index is 4.24. The predicted octanol–water partition coefficient (Wildman–Crippen LogP) is 2.51. The van der Waals surface area contributed by atoms with Gasteiger partial charge in [0.05, 0.1) is 0 Å². The normalized spacial score (nSPS) is 16.4. The van der Waals surface area contributed by atoms with Crippen molar-refractivity contribution in [1.29, 1.82) is 0 Å². The maximum Gasteiger partial charge on any atom is 0.182 e. The summed E-state index contributed by atoms with van der Waals surface area (Å²) in [5.41, 5.74) is 2.63. The molecular formula is C15H20N4S. The molecule has 0 saturated carbocycles. The van der Waals surface area contributed by atoms with Crippen LogP contribution in [0, 0.1) is 0 Å². The lowest BCUT2D eigenvalue weighted by molar-refractivity contribution is 0.313. The lowest BCUT2D eigenvalue weighted by Gasteiger charge is -2.34. The van der Waals surface area contributed by atoms with Crippen molar-refractivity contribution in [2.45, 2.75) is 6.54 Å². The summed E-state index contributed by atoms with van der Waals surface area (Å²) in [5.74, 6) is 0. The fourth-order valence-electron chi connectivity index (χ4n) is 2.42. The van der Waals surface area contributed by atoms with Crippen LogP contribution in [0.25, 0.3) is 0 Å². The molecule has 2 heterocycles. The Balaban J connectivity index is 1.63. The van der Waals surface area contributed by atoms with Crippen molar-refractivity contribution in [3.63, 3.8) is 0 Å². The van der Waals surface area contributed by atoms with Crippen molar-refractivity contribution >= 4 is 22.2 Å². The van der Waals surface area contributed by atoms with E-state index in [2.05, 4.69) is 51.4 Å². The molecule has 1 aliphatic heterocycles. The number of nitrogens with one attached hydrogen (secondary N) is 1. The van der Waals surface area contributed by atoms with Gasteiger partial charge in [0.1, 0.15) is 0 Å². The highest BCUT2D eigenvalue weighted by Crippen LogP contribution is 2.19. The Labute approximate surface area is 124 Å². The molecule has 0 radical (unpaired) electrons. The minimum Gasteiger partial charge on any atom is -0.369 e. The van der Waals surface area contributed by atoms with Gasteiger partial charge in [-0.25, -0.2) is 4.98 Å². The molecule has 106 valence electrons. The van der Waals surface area contributed by atoms with Gasteiger partial charge in [-0.15, -0.1) is 11.3 Å². The number of anilines is 2. The Bertz CT molecular complexity index is 533. The molecular weight excluding hydrogens is 268 g/mol. The van der Waals surface area contributed by atoms with Crippen LogP contribution in [0.15, 0.2) is 35.8 Å². The Morgan fingerprint density at radius 1 is 1.25 bits per heavy atom. The first-order chi connectivity index (χ1) is 9.81. The smallest absolute Gasteiger partial charge is 0.182 e. The number of aromatic nitrogens is 1. The van der Waals surface area contributed by atoms with Gasteiger partial charge in [0.25, 0.3) is 0 Å². The lowest BCUT2D eigenvalue weighted by atomic mass is 10.1. The summed E-state index contributed by atoms with van der Waals surface area (Å²) in [4.78, 5) is 9.09. The first-order valence-electron chi connectivity index (χ1n) is 6.97. The third kappa shape index (κ3) is 3.29. The number of nitrogens with zero attached hydrogens (tertiary/aromatic N) is 3. The van der Waals surface area contributed by atoms with Crippen LogP contribution in [-0.2, 0) is 6.54 Å². The van der Waals surface area contributed by atoms with Crippen LogP contribution in [0.2, 0.25) is 0 Å². The van der Waals surface area contributed by atoms with E-state index in [0.717, 1.165) is 37.9 Å². The van der Waals surface area contributed by atoms with Crippen LogP contribution < -0.4 is 10.2 Å². The molecule has 1 aliphatic rings. The van der Waals surface area contributed by atoms with Gasteiger partial charge in [0.15, 0.2) is 5.13 Å². The highest BCUT2D eigenvalue weighted by molar-refractivity contribution is 7.13. The second-order valence-electron chi connectivity index (χ2n) is 5.15. The molecule has 5 heteroatoms. The molecule has 0 amide bonds. The maximum atomic E-state index is 4.24. The van der Waals surface area contributed by atoms with Crippen LogP contribution in [0.3, 0.4) is 0 Å².